The highest BCUT2D eigenvalue weighted by Gasteiger charge is 2.28. The first-order valence-corrected chi connectivity index (χ1v) is 6.70. The molecule has 0 saturated heterocycles. The minimum absolute atomic E-state index is 0.268. The lowest BCUT2D eigenvalue weighted by Gasteiger charge is -2.13. The lowest BCUT2D eigenvalue weighted by molar-refractivity contribution is -0.118. The van der Waals surface area contributed by atoms with E-state index >= 15 is 0 Å². The number of rotatable bonds is 7. The van der Waals surface area contributed by atoms with E-state index in [2.05, 4.69) is 20.6 Å². The van der Waals surface area contributed by atoms with Crippen molar-refractivity contribution < 1.29 is 4.79 Å². The molecule has 6 heteroatoms. The zero-order valence-corrected chi connectivity index (χ0v) is 11.5. The molecule has 1 aliphatic carbocycles. The lowest BCUT2D eigenvalue weighted by atomic mass is 10.2. The van der Waals surface area contributed by atoms with Crippen LogP contribution in [0.2, 0.25) is 0 Å². The second-order valence-corrected chi connectivity index (χ2v) is 4.92. The van der Waals surface area contributed by atoms with Crippen molar-refractivity contribution in [3.63, 3.8) is 0 Å². The van der Waals surface area contributed by atoms with Crippen molar-refractivity contribution in [3.8, 4) is 0 Å². The van der Waals surface area contributed by atoms with Gasteiger partial charge in [0.2, 0.25) is 5.91 Å². The lowest BCUT2D eigenvalue weighted by Crippen LogP contribution is -2.14. The van der Waals surface area contributed by atoms with E-state index in [0.717, 1.165) is 23.0 Å². The number of nitrogens with two attached hydrogens (primary N) is 1. The number of carbonyl (C=O) groups is 1. The Bertz CT molecular complexity index is 470. The molecule has 6 nitrogen and oxygen atoms in total. The molecule has 0 radical (unpaired) electrons. The Hall–Kier alpha value is -1.85. The van der Waals surface area contributed by atoms with Gasteiger partial charge in [0, 0.05) is 31.5 Å². The van der Waals surface area contributed by atoms with Gasteiger partial charge in [-0.3, -0.25) is 4.79 Å². The molecule has 1 aliphatic rings. The number of carbonyl (C=O) groups excluding carboxylic acids is 1. The smallest absolute Gasteiger partial charge is 0.217 e. The van der Waals surface area contributed by atoms with Crippen molar-refractivity contribution >= 4 is 17.5 Å². The van der Waals surface area contributed by atoms with Crippen LogP contribution in [0.25, 0.3) is 0 Å². The molecule has 1 fully saturated rings. The van der Waals surface area contributed by atoms with Crippen LogP contribution < -0.4 is 16.4 Å². The van der Waals surface area contributed by atoms with Crippen molar-refractivity contribution in [2.75, 3.05) is 24.2 Å². The molecule has 104 valence electrons. The summed E-state index contributed by atoms with van der Waals surface area (Å²) in [6.45, 7) is 2.67. The van der Waals surface area contributed by atoms with Gasteiger partial charge in [-0.2, -0.15) is 0 Å². The number of amides is 1. The molecule has 0 unspecified atom stereocenters. The van der Waals surface area contributed by atoms with Gasteiger partial charge >= 0.3 is 0 Å². The van der Waals surface area contributed by atoms with Gasteiger partial charge in [0.25, 0.3) is 0 Å². The quantitative estimate of drug-likeness (QED) is 0.646. The molecule has 4 N–H and O–H groups in total. The van der Waals surface area contributed by atoms with Crippen LogP contribution >= 0.6 is 0 Å². The van der Waals surface area contributed by atoms with Gasteiger partial charge in [-0.1, -0.05) is 0 Å². The third kappa shape index (κ3) is 3.56. The third-order valence-electron chi connectivity index (χ3n) is 3.23. The highest BCUT2D eigenvalue weighted by atomic mass is 16.1. The van der Waals surface area contributed by atoms with Gasteiger partial charge in [-0.25, -0.2) is 9.97 Å². The minimum atomic E-state index is -0.268. The van der Waals surface area contributed by atoms with Crippen LogP contribution in [-0.2, 0) is 4.79 Å². The Kier molecular flexibility index (Phi) is 4.19. The fourth-order valence-corrected chi connectivity index (χ4v) is 1.94. The highest BCUT2D eigenvalue weighted by molar-refractivity contribution is 5.73. The molecular weight excluding hydrogens is 242 g/mol. The molecule has 1 amide bonds. The average Bonchev–Trinajstić information content (AvgIpc) is 3.20. The number of aromatic nitrogens is 2. The van der Waals surface area contributed by atoms with E-state index in [1.54, 1.807) is 0 Å². The highest BCUT2D eigenvalue weighted by Crippen LogP contribution is 2.39. The van der Waals surface area contributed by atoms with Crippen LogP contribution in [0, 0.1) is 6.92 Å². The van der Waals surface area contributed by atoms with Crippen LogP contribution in [0.3, 0.4) is 0 Å². The Labute approximate surface area is 113 Å². The molecule has 1 heterocycles. The first-order valence-electron chi connectivity index (χ1n) is 6.70. The van der Waals surface area contributed by atoms with E-state index in [4.69, 9.17) is 5.73 Å². The molecule has 0 spiro atoms. The summed E-state index contributed by atoms with van der Waals surface area (Å²) in [5.41, 5.74) is 6.12. The molecule has 0 aliphatic heterocycles. The summed E-state index contributed by atoms with van der Waals surface area (Å²) >= 11 is 0. The Balaban J connectivity index is 2.05. The van der Waals surface area contributed by atoms with Crippen LogP contribution in [0.4, 0.5) is 11.6 Å². The minimum Gasteiger partial charge on any atom is -0.373 e. The normalized spacial score (nSPS) is 14.2. The molecule has 1 aromatic heterocycles. The Morgan fingerprint density at radius 1 is 1.37 bits per heavy atom. The summed E-state index contributed by atoms with van der Waals surface area (Å²) in [6, 6.07) is 0. The van der Waals surface area contributed by atoms with Gasteiger partial charge < -0.3 is 16.4 Å². The average molecular weight is 263 g/mol. The van der Waals surface area contributed by atoms with Gasteiger partial charge in [-0.15, -0.1) is 0 Å². The SMILES string of the molecule is CNc1nc(C2CC2)nc(NCCCC(N)=O)c1C. The molecular formula is C13H21N5O. The van der Waals surface area contributed by atoms with Crippen molar-refractivity contribution in [2.45, 2.75) is 38.5 Å². The largest absolute Gasteiger partial charge is 0.373 e. The monoisotopic (exact) mass is 263 g/mol. The third-order valence-corrected chi connectivity index (χ3v) is 3.23. The molecule has 1 aromatic rings. The van der Waals surface area contributed by atoms with Gasteiger partial charge in [-0.05, 0) is 26.2 Å². The fraction of sp³-hybridized carbons (Fsp3) is 0.615. The summed E-state index contributed by atoms with van der Waals surface area (Å²) in [6.07, 6.45) is 3.46. The summed E-state index contributed by atoms with van der Waals surface area (Å²) in [4.78, 5) is 19.8. The summed E-state index contributed by atoms with van der Waals surface area (Å²) in [5, 5.41) is 6.37. The number of nitrogens with zero attached hydrogens (tertiary/aromatic N) is 2. The van der Waals surface area contributed by atoms with E-state index in [0.29, 0.717) is 25.3 Å². The van der Waals surface area contributed by atoms with Crippen LogP contribution in [-0.4, -0.2) is 29.5 Å². The Morgan fingerprint density at radius 2 is 2.05 bits per heavy atom. The van der Waals surface area contributed by atoms with Gasteiger partial charge in [0.05, 0.1) is 0 Å². The maximum Gasteiger partial charge on any atom is 0.217 e. The van der Waals surface area contributed by atoms with E-state index in [9.17, 15) is 4.79 Å². The predicted octanol–water partition coefficient (Wildman–Crippen LogP) is 1.38. The van der Waals surface area contributed by atoms with E-state index in [-0.39, 0.29) is 5.91 Å². The molecule has 2 rings (SSSR count). The number of hydrogen-bond acceptors (Lipinski definition) is 5. The summed E-state index contributed by atoms with van der Waals surface area (Å²) in [7, 11) is 1.86. The van der Waals surface area contributed by atoms with Crippen LogP contribution in [0.5, 0.6) is 0 Å². The maximum atomic E-state index is 10.7. The first kappa shape index (κ1) is 13.6. The Morgan fingerprint density at radius 3 is 2.63 bits per heavy atom. The summed E-state index contributed by atoms with van der Waals surface area (Å²) in [5.74, 6) is 2.88. The maximum absolute atomic E-state index is 10.7. The van der Waals surface area contributed by atoms with Gasteiger partial charge in [0.15, 0.2) is 0 Å². The van der Waals surface area contributed by atoms with Crippen molar-refractivity contribution in [1.29, 1.82) is 0 Å². The first-order chi connectivity index (χ1) is 9.11. The van der Waals surface area contributed by atoms with E-state index in [1.165, 1.54) is 12.8 Å². The molecule has 19 heavy (non-hydrogen) atoms. The fourth-order valence-electron chi connectivity index (χ4n) is 1.94. The topological polar surface area (TPSA) is 92.9 Å². The molecule has 1 saturated carbocycles. The van der Waals surface area contributed by atoms with Crippen LogP contribution in [0.15, 0.2) is 0 Å². The standard InChI is InChI=1S/C13H21N5O/c1-8-11(15-2)17-13(9-5-6-9)18-12(8)16-7-3-4-10(14)19/h9H,3-7H2,1-2H3,(H2,14,19)(H2,15,16,17,18). The molecule has 0 atom stereocenters. The number of hydrogen-bond donors (Lipinski definition) is 3. The van der Waals surface area contributed by atoms with E-state index in [1.807, 2.05) is 14.0 Å². The van der Waals surface area contributed by atoms with Crippen molar-refractivity contribution in [3.05, 3.63) is 11.4 Å². The van der Waals surface area contributed by atoms with E-state index < -0.39 is 0 Å². The molecule has 0 bridgehead atoms. The van der Waals surface area contributed by atoms with Crippen molar-refractivity contribution in [1.82, 2.24) is 9.97 Å². The zero-order valence-electron chi connectivity index (χ0n) is 11.5. The number of anilines is 2. The molecule has 0 aromatic carbocycles. The second-order valence-electron chi connectivity index (χ2n) is 4.92. The second kappa shape index (κ2) is 5.86. The van der Waals surface area contributed by atoms with Gasteiger partial charge in [0.1, 0.15) is 17.5 Å². The zero-order chi connectivity index (χ0) is 13.8. The predicted molar refractivity (Wildman–Crippen MR) is 75.2 cm³/mol. The van der Waals surface area contributed by atoms with Crippen molar-refractivity contribution in [2.24, 2.45) is 5.73 Å². The number of nitrogens with one attached hydrogen (secondary N) is 2. The summed E-state index contributed by atoms with van der Waals surface area (Å²) < 4.78 is 0. The number of primary amides is 1. The van der Waals surface area contributed by atoms with Crippen LogP contribution in [0.1, 0.15) is 43.0 Å².